The van der Waals surface area contributed by atoms with E-state index in [-0.39, 0.29) is 17.5 Å². The van der Waals surface area contributed by atoms with Crippen molar-refractivity contribution in [3.05, 3.63) is 76.1 Å². The van der Waals surface area contributed by atoms with Gasteiger partial charge in [0.2, 0.25) is 0 Å². The second kappa shape index (κ2) is 11.4. The van der Waals surface area contributed by atoms with Crippen LogP contribution in [0.1, 0.15) is 59.6 Å². The van der Waals surface area contributed by atoms with E-state index in [1.54, 1.807) is 19.1 Å². The lowest BCUT2D eigenvalue weighted by atomic mass is 9.89. The van der Waals surface area contributed by atoms with E-state index in [2.05, 4.69) is 0 Å². The number of benzene rings is 3. The second-order valence-electron chi connectivity index (χ2n) is 11.1. The summed E-state index contributed by atoms with van der Waals surface area (Å²) in [4.78, 5) is 11.5. The van der Waals surface area contributed by atoms with Crippen LogP contribution in [0.15, 0.2) is 42.5 Å². The molecule has 0 bridgehead atoms. The Labute approximate surface area is 240 Å². The van der Waals surface area contributed by atoms with Crippen LogP contribution < -0.4 is 14.2 Å². The number of aliphatic carboxylic acids is 1. The Morgan fingerprint density at radius 3 is 2.54 bits per heavy atom. The molecule has 0 saturated heterocycles. The van der Waals surface area contributed by atoms with E-state index in [0.717, 1.165) is 33.4 Å². The van der Waals surface area contributed by atoms with Crippen molar-refractivity contribution < 1.29 is 36.9 Å². The van der Waals surface area contributed by atoms with Crippen molar-refractivity contribution in [3.8, 4) is 28.4 Å². The minimum Gasteiger partial charge on any atom is -0.494 e. The van der Waals surface area contributed by atoms with Gasteiger partial charge in [-0.05, 0) is 85.2 Å². The standard InChI is InChI=1S/C32H35FO7S/c1-18-14-22(38-12-5-13-41(4,36)37)15-19(2)30(18)24-8-10-27(33)31-25(24)9-11-28(31)40-21-6-7-23-26(20(3)32(34)35)17-39-29(23)16-21/h6-8,10,14-16,20,26,28H,5,9,11-13,17H2,1-4H3,(H,34,35)/t20?,26?,28-/m1/s1. The van der Waals surface area contributed by atoms with Crippen molar-refractivity contribution in [2.24, 2.45) is 5.92 Å². The van der Waals surface area contributed by atoms with Crippen molar-refractivity contribution >= 4 is 15.8 Å². The SMILES string of the molecule is Cc1cc(OCCCS(C)(=O)=O)cc(C)c1-c1ccc(F)c2c1CC[C@H]2Oc1ccc2c(c1)OCC2C(C)C(=O)O. The van der Waals surface area contributed by atoms with Crippen LogP contribution in [0.3, 0.4) is 0 Å². The third-order valence-electron chi connectivity index (χ3n) is 8.06. The number of sulfone groups is 1. The molecule has 218 valence electrons. The summed E-state index contributed by atoms with van der Waals surface area (Å²) >= 11 is 0. The lowest BCUT2D eigenvalue weighted by Crippen LogP contribution is -2.19. The largest absolute Gasteiger partial charge is 0.494 e. The highest BCUT2D eigenvalue weighted by Crippen LogP contribution is 2.45. The maximum absolute atomic E-state index is 15.3. The molecule has 1 aliphatic carbocycles. The fourth-order valence-electron chi connectivity index (χ4n) is 6.01. The number of hydrogen-bond donors (Lipinski definition) is 1. The van der Waals surface area contributed by atoms with Gasteiger partial charge < -0.3 is 19.3 Å². The Balaban J connectivity index is 1.36. The molecule has 0 amide bonds. The minimum atomic E-state index is -3.03. The van der Waals surface area contributed by atoms with Gasteiger partial charge in [0.25, 0.3) is 0 Å². The Morgan fingerprint density at radius 1 is 1.12 bits per heavy atom. The first kappa shape index (κ1) is 28.9. The molecular formula is C32H35FO7S. The minimum absolute atomic E-state index is 0.0803. The quantitative estimate of drug-likeness (QED) is 0.285. The number of hydrogen-bond acceptors (Lipinski definition) is 6. The molecule has 2 aliphatic rings. The lowest BCUT2D eigenvalue weighted by molar-refractivity contribution is -0.142. The van der Waals surface area contributed by atoms with Crippen molar-refractivity contribution in [1.29, 1.82) is 0 Å². The van der Waals surface area contributed by atoms with Crippen molar-refractivity contribution in [2.75, 3.05) is 25.2 Å². The summed E-state index contributed by atoms with van der Waals surface area (Å²) in [6.07, 6.45) is 2.46. The predicted molar refractivity (Wildman–Crippen MR) is 154 cm³/mol. The molecule has 5 rings (SSSR count). The zero-order valence-corrected chi connectivity index (χ0v) is 24.5. The Kier molecular flexibility index (Phi) is 8.01. The molecule has 7 nitrogen and oxygen atoms in total. The molecule has 9 heteroatoms. The molecule has 3 aromatic carbocycles. The number of carboxylic acids is 1. The van der Waals surface area contributed by atoms with E-state index in [4.69, 9.17) is 14.2 Å². The highest BCUT2D eigenvalue weighted by molar-refractivity contribution is 7.90. The maximum atomic E-state index is 15.3. The van der Waals surface area contributed by atoms with Crippen LogP contribution in [-0.4, -0.2) is 44.7 Å². The summed E-state index contributed by atoms with van der Waals surface area (Å²) in [5.74, 6) is -0.0346. The molecule has 0 saturated carbocycles. The van der Waals surface area contributed by atoms with Crippen molar-refractivity contribution in [1.82, 2.24) is 0 Å². The molecule has 0 aromatic heterocycles. The van der Waals surface area contributed by atoms with E-state index in [1.807, 2.05) is 38.1 Å². The Hall–Kier alpha value is -3.59. The molecule has 2 unspecified atom stereocenters. The molecular weight excluding hydrogens is 547 g/mol. The predicted octanol–water partition coefficient (Wildman–Crippen LogP) is 6.19. The van der Waals surface area contributed by atoms with Crippen molar-refractivity contribution in [2.45, 2.75) is 52.1 Å². The number of carbonyl (C=O) groups is 1. The van der Waals surface area contributed by atoms with Crippen LogP contribution in [0.5, 0.6) is 17.2 Å². The highest BCUT2D eigenvalue weighted by Gasteiger charge is 2.34. The van der Waals surface area contributed by atoms with E-state index in [0.29, 0.717) is 55.3 Å². The average molecular weight is 583 g/mol. The third-order valence-corrected chi connectivity index (χ3v) is 9.09. The van der Waals surface area contributed by atoms with Crippen LogP contribution in [0.25, 0.3) is 11.1 Å². The van der Waals surface area contributed by atoms with E-state index < -0.39 is 27.8 Å². The number of fused-ring (bicyclic) bond motifs is 2. The van der Waals surface area contributed by atoms with Gasteiger partial charge in [-0.3, -0.25) is 4.79 Å². The van der Waals surface area contributed by atoms with Gasteiger partial charge >= 0.3 is 5.97 Å². The van der Waals surface area contributed by atoms with Crippen LogP contribution in [-0.2, 0) is 21.1 Å². The van der Waals surface area contributed by atoms with E-state index in [9.17, 15) is 18.3 Å². The van der Waals surface area contributed by atoms with Crippen LogP contribution >= 0.6 is 0 Å². The van der Waals surface area contributed by atoms with Crippen LogP contribution in [0.4, 0.5) is 4.39 Å². The summed E-state index contributed by atoms with van der Waals surface area (Å²) in [5, 5.41) is 9.41. The molecule has 0 spiro atoms. The lowest BCUT2D eigenvalue weighted by Gasteiger charge is -2.19. The first-order chi connectivity index (χ1) is 19.4. The normalized spacial score (nSPS) is 18.4. The van der Waals surface area contributed by atoms with Gasteiger partial charge in [-0.15, -0.1) is 0 Å². The molecule has 1 N–H and O–H groups in total. The molecule has 0 radical (unpaired) electrons. The summed E-state index contributed by atoms with van der Waals surface area (Å²) in [7, 11) is -3.03. The number of rotatable bonds is 10. The fraction of sp³-hybridized carbons (Fsp3) is 0.406. The summed E-state index contributed by atoms with van der Waals surface area (Å²) in [5.41, 5.74) is 6.30. The third kappa shape index (κ3) is 6.05. The van der Waals surface area contributed by atoms with Gasteiger partial charge in [0, 0.05) is 29.4 Å². The first-order valence-electron chi connectivity index (χ1n) is 13.8. The average Bonchev–Trinajstić information content (AvgIpc) is 3.51. The molecule has 0 fully saturated rings. The summed E-state index contributed by atoms with van der Waals surface area (Å²) in [6, 6.07) is 12.6. The van der Waals surface area contributed by atoms with Gasteiger partial charge in [0.15, 0.2) is 0 Å². The Morgan fingerprint density at radius 2 is 1.85 bits per heavy atom. The van der Waals surface area contributed by atoms with Gasteiger partial charge in [-0.2, -0.15) is 0 Å². The van der Waals surface area contributed by atoms with E-state index in [1.165, 1.54) is 12.3 Å². The number of carboxylic acid groups (broad SMARTS) is 1. The maximum Gasteiger partial charge on any atom is 0.306 e. The fourth-order valence-corrected chi connectivity index (χ4v) is 6.65. The number of ether oxygens (including phenoxy) is 3. The smallest absolute Gasteiger partial charge is 0.306 e. The molecule has 41 heavy (non-hydrogen) atoms. The van der Waals surface area contributed by atoms with Gasteiger partial charge in [0.05, 0.1) is 24.9 Å². The van der Waals surface area contributed by atoms with Crippen LogP contribution in [0, 0.1) is 25.6 Å². The van der Waals surface area contributed by atoms with E-state index >= 15 is 4.39 Å². The summed E-state index contributed by atoms with van der Waals surface area (Å²) in [6.45, 7) is 6.28. The molecule has 3 atom stereocenters. The number of aryl methyl sites for hydroxylation is 2. The molecule has 1 aliphatic heterocycles. The zero-order chi connectivity index (χ0) is 29.5. The first-order valence-corrected chi connectivity index (χ1v) is 15.9. The highest BCUT2D eigenvalue weighted by atomic mass is 32.2. The summed E-state index contributed by atoms with van der Waals surface area (Å²) < 4.78 is 55.9. The van der Waals surface area contributed by atoms with Gasteiger partial charge in [-0.1, -0.05) is 19.1 Å². The second-order valence-corrected chi connectivity index (χ2v) is 13.4. The van der Waals surface area contributed by atoms with Crippen LogP contribution in [0.2, 0.25) is 0 Å². The monoisotopic (exact) mass is 582 g/mol. The topological polar surface area (TPSA) is 99.1 Å². The van der Waals surface area contributed by atoms with Gasteiger partial charge in [0.1, 0.15) is 39.0 Å². The zero-order valence-electron chi connectivity index (χ0n) is 23.7. The van der Waals surface area contributed by atoms with Crippen molar-refractivity contribution in [3.63, 3.8) is 0 Å². The Bertz CT molecular complexity index is 1570. The van der Waals surface area contributed by atoms with Gasteiger partial charge in [-0.25, -0.2) is 12.8 Å². The molecule has 1 heterocycles. The molecule has 3 aromatic rings. The number of halogens is 1.